The first kappa shape index (κ1) is 15.9. The fraction of sp³-hybridized carbons (Fsp3) is 0.688. The Morgan fingerprint density at radius 2 is 2.24 bits per heavy atom. The summed E-state index contributed by atoms with van der Waals surface area (Å²) in [6.45, 7) is 4.39. The number of nitrogens with zero attached hydrogens (tertiary/aromatic N) is 2. The number of rotatable bonds is 8. The highest BCUT2D eigenvalue weighted by Crippen LogP contribution is 2.29. The average molecular weight is 293 g/mol. The molecule has 0 saturated heterocycles. The molecule has 1 aliphatic rings. The largest absolute Gasteiger partial charge is 0.468 e. The second kappa shape index (κ2) is 7.50. The van der Waals surface area contributed by atoms with Crippen molar-refractivity contribution in [3.8, 4) is 0 Å². The second-order valence-corrected chi connectivity index (χ2v) is 6.07. The van der Waals surface area contributed by atoms with Crippen molar-refractivity contribution in [1.82, 2.24) is 15.1 Å². The van der Waals surface area contributed by atoms with Crippen LogP contribution >= 0.6 is 0 Å². The van der Waals surface area contributed by atoms with E-state index in [0.717, 1.165) is 31.2 Å². The van der Waals surface area contributed by atoms with Gasteiger partial charge in [0.15, 0.2) is 0 Å². The molecule has 2 amide bonds. The summed E-state index contributed by atoms with van der Waals surface area (Å²) in [6, 6.07) is 3.94. The average Bonchev–Trinajstić information content (AvgIpc) is 3.10. The van der Waals surface area contributed by atoms with Gasteiger partial charge in [0.25, 0.3) is 0 Å². The molecule has 1 atom stereocenters. The molecule has 1 aromatic heterocycles. The topological polar surface area (TPSA) is 48.7 Å². The predicted octanol–water partition coefficient (Wildman–Crippen LogP) is 2.71. The molecule has 0 bridgehead atoms. The molecule has 0 spiro atoms. The van der Waals surface area contributed by atoms with Crippen LogP contribution < -0.4 is 5.32 Å². The summed E-state index contributed by atoms with van der Waals surface area (Å²) >= 11 is 0. The first-order valence-electron chi connectivity index (χ1n) is 7.84. The van der Waals surface area contributed by atoms with Gasteiger partial charge < -0.3 is 14.6 Å². The number of carbonyl (C=O) groups is 1. The number of hydrogen-bond acceptors (Lipinski definition) is 3. The maximum atomic E-state index is 12.4. The normalized spacial score (nSPS) is 16.0. The minimum absolute atomic E-state index is 0.0437. The summed E-state index contributed by atoms with van der Waals surface area (Å²) < 4.78 is 5.47. The molecule has 5 heteroatoms. The molecule has 5 nitrogen and oxygen atoms in total. The summed E-state index contributed by atoms with van der Waals surface area (Å²) in [7, 11) is 3.99. The van der Waals surface area contributed by atoms with Gasteiger partial charge in [-0.25, -0.2) is 4.79 Å². The lowest BCUT2D eigenvalue weighted by molar-refractivity contribution is 0.187. The van der Waals surface area contributed by atoms with E-state index >= 15 is 0 Å². The molecule has 0 aliphatic heterocycles. The van der Waals surface area contributed by atoms with E-state index in [4.69, 9.17) is 4.42 Å². The molecule has 118 valence electrons. The highest BCUT2D eigenvalue weighted by molar-refractivity contribution is 5.74. The first-order valence-corrected chi connectivity index (χ1v) is 7.84. The number of urea groups is 1. The van der Waals surface area contributed by atoms with Crippen LogP contribution in [0, 0.1) is 5.92 Å². The van der Waals surface area contributed by atoms with Gasteiger partial charge in [0.2, 0.25) is 0 Å². The van der Waals surface area contributed by atoms with Crippen molar-refractivity contribution in [2.75, 3.05) is 33.7 Å². The maximum absolute atomic E-state index is 12.4. The molecule has 21 heavy (non-hydrogen) atoms. The van der Waals surface area contributed by atoms with Crippen LogP contribution in [-0.2, 0) is 0 Å². The van der Waals surface area contributed by atoms with Crippen molar-refractivity contribution in [2.24, 2.45) is 5.92 Å². The minimum atomic E-state index is 0.0437. The zero-order valence-electron chi connectivity index (χ0n) is 13.3. The van der Waals surface area contributed by atoms with Crippen LogP contribution in [0.3, 0.4) is 0 Å². The van der Waals surface area contributed by atoms with Crippen LogP contribution in [0.25, 0.3) is 0 Å². The van der Waals surface area contributed by atoms with E-state index in [1.165, 1.54) is 12.8 Å². The summed E-state index contributed by atoms with van der Waals surface area (Å²) in [4.78, 5) is 16.4. The van der Waals surface area contributed by atoms with Crippen LogP contribution in [-0.4, -0.2) is 49.6 Å². The van der Waals surface area contributed by atoms with Gasteiger partial charge in [0, 0.05) is 19.6 Å². The van der Waals surface area contributed by atoms with E-state index in [0.29, 0.717) is 6.54 Å². The number of amides is 2. The molecular formula is C16H27N3O2. The monoisotopic (exact) mass is 293 g/mol. The van der Waals surface area contributed by atoms with E-state index in [1.54, 1.807) is 6.26 Å². The van der Waals surface area contributed by atoms with E-state index in [9.17, 15) is 4.79 Å². The summed E-state index contributed by atoms with van der Waals surface area (Å²) in [5, 5.41) is 3.06. The van der Waals surface area contributed by atoms with E-state index in [2.05, 4.69) is 17.1 Å². The molecule has 1 heterocycles. The molecule has 1 fully saturated rings. The van der Waals surface area contributed by atoms with Crippen molar-refractivity contribution in [3.05, 3.63) is 24.2 Å². The van der Waals surface area contributed by atoms with Crippen LogP contribution in [0.1, 0.15) is 38.0 Å². The lowest BCUT2D eigenvalue weighted by atomic mass is 10.2. The standard InChI is InChI=1S/C16H27N3O2/c1-4-9-19(12-13-7-8-13)16(20)17-11-14(18(2)3)15-6-5-10-21-15/h5-6,10,13-14H,4,7-9,11-12H2,1-3H3,(H,17,20). The highest BCUT2D eigenvalue weighted by Gasteiger charge is 2.27. The highest BCUT2D eigenvalue weighted by atomic mass is 16.3. The third-order valence-electron chi connectivity index (χ3n) is 3.90. The predicted molar refractivity (Wildman–Crippen MR) is 83.1 cm³/mol. The van der Waals surface area contributed by atoms with Crippen molar-refractivity contribution in [1.29, 1.82) is 0 Å². The molecular weight excluding hydrogens is 266 g/mol. The van der Waals surface area contributed by atoms with Crippen molar-refractivity contribution >= 4 is 6.03 Å². The number of carbonyl (C=O) groups excluding carboxylic acids is 1. The molecule has 1 saturated carbocycles. The molecule has 1 aliphatic carbocycles. The molecule has 2 rings (SSSR count). The smallest absolute Gasteiger partial charge is 0.317 e. The first-order chi connectivity index (χ1) is 10.1. The number of nitrogens with one attached hydrogen (secondary N) is 1. The zero-order chi connectivity index (χ0) is 15.2. The third kappa shape index (κ3) is 4.77. The van der Waals surface area contributed by atoms with Crippen LogP contribution in [0.2, 0.25) is 0 Å². The van der Waals surface area contributed by atoms with Crippen molar-refractivity contribution in [3.63, 3.8) is 0 Å². The number of likely N-dealkylation sites (N-methyl/N-ethyl adjacent to an activating group) is 1. The molecule has 0 radical (unpaired) electrons. The minimum Gasteiger partial charge on any atom is -0.468 e. The summed E-state index contributed by atoms with van der Waals surface area (Å²) in [5.74, 6) is 1.60. The van der Waals surface area contributed by atoms with Gasteiger partial charge in [-0.3, -0.25) is 4.90 Å². The van der Waals surface area contributed by atoms with Crippen LogP contribution in [0.15, 0.2) is 22.8 Å². The molecule has 1 unspecified atom stereocenters. The quantitative estimate of drug-likeness (QED) is 0.801. The van der Waals surface area contributed by atoms with E-state index in [-0.39, 0.29) is 12.1 Å². The fourth-order valence-electron chi connectivity index (χ4n) is 2.47. The van der Waals surface area contributed by atoms with Crippen LogP contribution in [0.5, 0.6) is 0 Å². The van der Waals surface area contributed by atoms with Crippen molar-refractivity contribution in [2.45, 2.75) is 32.2 Å². The third-order valence-corrected chi connectivity index (χ3v) is 3.90. The van der Waals surface area contributed by atoms with Crippen LogP contribution in [0.4, 0.5) is 4.79 Å². The fourth-order valence-corrected chi connectivity index (χ4v) is 2.47. The maximum Gasteiger partial charge on any atom is 0.317 e. The number of furan rings is 1. The van der Waals surface area contributed by atoms with Gasteiger partial charge in [-0.2, -0.15) is 0 Å². The van der Waals surface area contributed by atoms with Gasteiger partial charge in [-0.15, -0.1) is 0 Å². The Balaban J connectivity index is 1.87. The Hall–Kier alpha value is -1.49. The SMILES string of the molecule is CCCN(CC1CC1)C(=O)NCC(c1ccco1)N(C)C. The Morgan fingerprint density at radius 3 is 2.76 bits per heavy atom. The molecule has 0 aromatic carbocycles. The zero-order valence-corrected chi connectivity index (χ0v) is 13.3. The number of hydrogen-bond donors (Lipinski definition) is 1. The second-order valence-electron chi connectivity index (χ2n) is 6.07. The van der Waals surface area contributed by atoms with Gasteiger partial charge in [0.1, 0.15) is 5.76 Å². The molecule has 1 aromatic rings. The Morgan fingerprint density at radius 1 is 1.48 bits per heavy atom. The van der Waals surface area contributed by atoms with E-state index in [1.807, 2.05) is 31.1 Å². The Bertz CT molecular complexity index is 427. The van der Waals surface area contributed by atoms with Gasteiger partial charge in [-0.1, -0.05) is 6.92 Å². The Kier molecular flexibility index (Phi) is 5.67. The lowest BCUT2D eigenvalue weighted by Crippen LogP contribution is -2.44. The van der Waals surface area contributed by atoms with Gasteiger partial charge >= 0.3 is 6.03 Å². The van der Waals surface area contributed by atoms with Gasteiger partial charge in [0.05, 0.1) is 12.3 Å². The lowest BCUT2D eigenvalue weighted by Gasteiger charge is -2.26. The molecule has 1 N–H and O–H groups in total. The Labute approximate surface area is 127 Å². The van der Waals surface area contributed by atoms with E-state index < -0.39 is 0 Å². The van der Waals surface area contributed by atoms with Crippen molar-refractivity contribution < 1.29 is 9.21 Å². The van der Waals surface area contributed by atoms with Gasteiger partial charge in [-0.05, 0) is 51.4 Å². The summed E-state index contributed by atoms with van der Waals surface area (Å²) in [6.07, 6.45) is 5.19. The summed E-state index contributed by atoms with van der Waals surface area (Å²) in [5.41, 5.74) is 0.